The Morgan fingerprint density at radius 3 is 2.38 bits per heavy atom. The molecule has 4 nitrogen and oxygen atoms in total. The number of hydrogen-bond donors (Lipinski definition) is 2. The highest BCUT2D eigenvalue weighted by molar-refractivity contribution is 9.09. The molecular weight excluding hydrogens is 468 g/mol. The third-order valence-electron chi connectivity index (χ3n) is 5.88. The molecule has 1 aliphatic carbocycles. The van der Waals surface area contributed by atoms with Gasteiger partial charge in [-0.2, -0.15) is 0 Å². The number of halogens is 1. The Hall–Kier alpha value is -1.75. The number of carbonyl (C=O) groups excluding carboxylic acids is 1. The monoisotopic (exact) mass is 508 g/mol. The van der Waals surface area contributed by atoms with E-state index < -0.39 is 0 Å². The van der Waals surface area contributed by atoms with Gasteiger partial charge in [0.15, 0.2) is 0 Å². The maximum atomic E-state index is 11.1. The number of allylic oxidation sites excluding steroid dienone is 2. The fourth-order valence-corrected chi connectivity index (χ4v) is 4.49. The minimum atomic E-state index is -0.294. The van der Waals surface area contributed by atoms with Gasteiger partial charge in [-0.3, -0.25) is 4.79 Å². The van der Waals surface area contributed by atoms with Gasteiger partial charge in [0.1, 0.15) is 18.1 Å². The van der Waals surface area contributed by atoms with E-state index in [0.717, 1.165) is 48.6 Å². The summed E-state index contributed by atoms with van der Waals surface area (Å²) in [5.41, 5.74) is 2.49. The standard InChI is InChI=1S/C24H35BrO4.C3H6/c1-17(26)29-16-18-9-8-10-19(13-18)23-21(27)14-20(15-22(23)28)24(2,3)11-6-4-5-7-12-25;1-3-2/h13-15,19,27-28H,4-12,16H2,1-3H3;3H,1H2,2H3. The summed E-state index contributed by atoms with van der Waals surface area (Å²) in [4.78, 5) is 11.1. The second-order valence-corrected chi connectivity index (χ2v) is 9.97. The summed E-state index contributed by atoms with van der Waals surface area (Å²) in [5, 5.41) is 22.6. The van der Waals surface area contributed by atoms with Crippen LogP contribution >= 0.6 is 15.9 Å². The first-order valence-corrected chi connectivity index (χ1v) is 12.8. The fourth-order valence-electron chi connectivity index (χ4n) is 4.10. The van der Waals surface area contributed by atoms with Crippen LogP contribution in [0.4, 0.5) is 0 Å². The molecule has 2 rings (SSSR count). The minimum absolute atomic E-state index is 0.0595. The average molecular weight is 510 g/mol. The number of ether oxygens (including phenoxy) is 1. The van der Waals surface area contributed by atoms with Crippen molar-refractivity contribution in [3.05, 3.63) is 47.6 Å². The Labute approximate surface area is 202 Å². The molecular formula is C27H41BrO4. The van der Waals surface area contributed by atoms with E-state index in [4.69, 9.17) is 4.74 Å². The van der Waals surface area contributed by atoms with Crippen LogP contribution in [0.2, 0.25) is 0 Å². The molecule has 0 aliphatic heterocycles. The number of esters is 1. The van der Waals surface area contributed by atoms with E-state index >= 15 is 0 Å². The first-order valence-electron chi connectivity index (χ1n) is 11.7. The van der Waals surface area contributed by atoms with Crippen LogP contribution in [0.25, 0.3) is 0 Å². The van der Waals surface area contributed by atoms with E-state index in [0.29, 0.717) is 5.56 Å². The molecule has 1 aromatic carbocycles. The van der Waals surface area contributed by atoms with Crippen molar-refractivity contribution in [1.82, 2.24) is 0 Å². The molecule has 0 saturated carbocycles. The molecule has 0 bridgehead atoms. The molecule has 0 aromatic heterocycles. The zero-order valence-corrected chi connectivity index (χ0v) is 21.8. The van der Waals surface area contributed by atoms with E-state index in [-0.39, 0.29) is 35.4 Å². The molecule has 0 spiro atoms. The van der Waals surface area contributed by atoms with Crippen LogP contribution in [0, 0.1) is 0 Å². The Kier molecular flexibility index (Phi) is 12.7. The Morgan fingerprint density at radius 2 is 1.81 bits per heavy atom. The van der Waals surface area contributed by atoms with Gasteiger partial charge in [0, 0.05) is 23.7 Å². The van der Waals surface area contributed by atoms with Crippen LogP contribution < -0.4 is 0 Å². The van der Waals surface area contributed by atoms with Crippen LogP contribution in [0.3, 0.4) is 0 Å². The molecule has 0 heterocycles. The van der Waals surface area contributed by atoms with Gasteiger partial charge in [-0.05, 0) is 67.7 Å². The molecule has 1 atom stereocenters. The number of unbranched alkanes of at least 4 members (excludes halogenated alkanes) is 3. The van der Waals surface area contributed by atoms with Crippen LogP contribution in [0.5, 0.6) is 11.5 Å². The van der Waals surface area contributed by atoms with Gasteiger partial charge < -0.3 is 14.9 Å². The SMILES string of the molecule is C=CC.CC(=O)OCC1=CC(c2c(O)cc(C(C)(C)CCCCCCBr)cc2O)CCC1. The largest absolute Gasteiger partial charge is 0.507 e. The van der Waals surface area contributed by atoms with Crippen LogP contribution in [0.1, 0.15) is 96.1 Å². The van der Waals surface area contributed by atoms with Crippen molar-refractivity contribution < 1.29 is 19.7 Å². The summed E-state index contributed by atoms with van der Waals surface area (Å²) in [6, 6.07) is 3.64. The van der Waals surface area contributed by atoms with Gasteiger partial charge in [0.05, 0.1) is 0 Å². The van der Waals surface area contributed by atoms with Crippen LogP contribution in [-0.2, 0) is 14.9 Å². The van der Waals surface area contributed by atoms with E-state index in [1.54, 1.807) is 6.08 Å². The highest BCUT2D eigenvalue weighted by Gasteiger charge is 2.27. The average Bonchev–Trinajstić information content (AvgIpc) is 2.72. The summed E-state index contributed by atoms with van der Waals surface area (Å²) in [6.07, 6.45) is 12.2. The van der Waals surface area contributed by atoms with Gasteiger partial charge in [-0.25, -0.2) is 0 Å². The summed E-state index contributed by atoms with van der Waals surface area (Å²) in [5.74, 6) is -0.0436. The Bertz CT molecular complexity index is 744. The quantitative estimate of drug-likeness (QED) is 0.147. The van der Waals surface area contributed by atoms with Gasteiger partial charge in [0.25, 0.3) is 0 Å². The lowest BCUT2D eigenvalue weighted by Crippen LogP contribution is -2.17. The molecule has 2 N–H and O–H groups in total. The van der Waals surface area contributed by atoms with E-state index in [9.17, 15) is 15.0 Å². The minimum Gasteiger partial charge on any atom is -0.507 e. The molecule has 0 saturated heterocycles. The smallest absolute Gasteiger partial charge is 0.302 e. The van der Waals surface area contributed by atoms with E-state index in [1.165, 1.54) is 26.2 Å². The molecule has 180 valence electrons. The van der Waals surface area contributed by atoms with Crippen molar-refractivity contribution in [3.8, 4) is 11.5 Å². The number of aromatic hydroxyl groups is 2. The second-order valence-electron chi connectivity index (χ2n) is 9.18. The summed E-state index contributed by atoms with van der Waals surface area (Å²) < 4.78 is 5.12. The second kappa shape index (κ2) is 14.4. The topological polar surface area (TPSA) is 66.8 Å². The van der Waals surface area contributed by atoms with Crippen molar-refractivity contribution in [3.63, 3.8) is 0 Å². The number of phenolic OH excluding ortho intramolecular Hbond substituents is 2. The molecule has 0 fully saturated rings. The van der Waals surface area contributed by atoms with Crippen molar-refractivity contribution in [2.45, 2.75) is 90.4 Å². The molecule has 1 unspecified atom stereocenters. The van der Waals surface area contributed by atoms with Gasteiger partial charge >= 0.3 is 5.97 Å². The predicted octanol–water partition coefficient (Wildman–Crippen LogP) is 7.67. The van der Waals surface area contributed by atoms with Crippen LogP contribution in [0.15, 0.2) is 36.4 Å². The van der Waals surface area contributed by atoms with Crippen LogP contribution in [-0.4, -0.2) is 28.1 Å². The van der Waals surface area contributed by atoms with E-state index in [2.05, 4.69) is 36.4 Å². The van der Waals surface area contributed by atoms with Gasteiger partial charge in [-0.1, -0.05) is 61.2 Å². The summed E-state index contributed by atoms with van der Waals surface area (Å²) in [7, 11) is 0. The number of rotatable bonds is 10. The third kappa shape index (κ3) is 9.40. The van der Waals surface area contributed by atoms with Crippen molar-refractivity contribution in [2.24, 2.45) is 0 Å². The first kappa shape index (κ1) is 28.3. The lowest BCUT2D eigenvalue weighted by atomic mass is 9.78. The molecule has 0 amide bonds. The third-order valence-corrected chi connectivity index (χ3v) is 6.45. The lowest BCUT2D eigenvalue weighted by molar-refractivity contribution is -0.140. The van der Waals surface area contributed by atoms with E-state index in [1.807, 2.05) is 25.1 Å². The molecule has 0 radical (unpaired) electrons. The Balaban J connectivity index is 0.00000161. The molecule has 1 aliphatic rings. The highest BCUT2D eigenvalue weighted by atomic mass is 79.9. The zero-order chi connectivity index (χ0) is 24.1. The normalized spacial score (nSPS) is 15.9. The maximum absolute atomic E-state index is 11.1. The first-order chi connectivity index (χ1) is 15.2. The Morgan fingerprint density at radius 1 is 1.22 bits per heavy atom. The predicted molar refractivity (Wildman–Crippen MR) is 137 cm³/mol. The number of alkyl halides is 1. The van der Waals surface area contributed by atoms with Crippen molar-refractivity contribution in [1.29, 1.82) is 0 Å². The highest BCUT2D eigenvalue weighted by Crippen LogP contribution is 2.44. The van der Waals surface area contributed by atoms with Crippen molar-refractivity contribution in [2.75, 3.05) is 11.9 Å². The number of phenols is 2. The van der Waals surface area contributed by atoms with Gasteiger partial charge in [0.2, 0.25) is 0 Å². The summed E-state index contributed by atoms with van der Waals surface area (Å²) >= 11 is 3.47. The lowest BCUT2D eigenvalue weighted by Gasteiger charge is -2.28. The molecule has 32 heavy (non-hydrogen) atoms. The van der Waals surface area contributed by atoms with Crippen molar-refractivity contribution >= 4 is 21.9 Å². The van der Waals surface area contributed by atoms with Gasteiger partial charge in [-0.15, -0.1) is 6.58 Å². The number of benzene rings is 1. The number of hydrogen-bond acceptors (Lipinski definition) is 4. The molecule has 5 heteroatoms. The number of carbonyl (C=O) groups is 1. The fraction of sp³-hybridized carbons (Fsp3) is 0.593. The summed E-state index contributed by atoms with van der Waals surface area (Å²) in [6.45, 7) is 11.3. The maximum Gasteiger partial charge on any atom is 0.302 e. The zero-order valence-electron chi connectivity index (χ0n) is 20.3. The molecule has 1 aromatic rings.